The van der Waals surface area contributed by atoms with Gasteiger partial charge in [0.1, 0.15) is 5.52 Å². The van der Waals surface area contributed by atoms with Gasteiger partial charge in [0.25, 0.3) is 5.91 Å². The van der Waals surface area contributed by atoms with Crippen molar-refractivity contribution >= 4 is 40.0 Å². The third-order valence-corrected chi connectivity index (χ3v) is 10.9. The van der Waals surface area contributed by atoms with Gasteiger partial charge in [-0.05, 0) is 102 Å². The van der Waals surface area contributed by atoms with Crippen molar-refractivity contribution in [2.45, 2.75) is 90.3 Å². The lowest BCUT2D eigenvalue weighted by Crippen LogP contribution is -2.58. The van der Waals surface area contributed by atoms with E-state index in [1.807, 2.05) is 68.4 Å². The third-order valence-electron chi connectivity index (χ3n) is 10.9. The molecule has 1 atom stereocenters. The van der Waals surface area contributed by atoms with Crippen molar-refractivity contribution in [3.8, 4) is 11.3 Å². The molecule has 2 N–H and O–H groups in total. The van der Waals surface area contributed by atoms with Crippen molar-refractivity contribution in [2.75, 3.05) is 30.4 Å². The molecule has 2 aliphatic heterocycles. The Morgan fingerprint density at radius 2 is 1.84 bits per heavy atom. The van der Waals surface area contributed by atoms with Crippen molar-refractivity contribution in [3.05, 3.63) is 65.5 Å². The van der Waals surface area contributed by atoms with Crippen molar-refractivity contribution in [2.24, 2.45) is 5.92 Å². The number of benzene rings is 2. The van der Waals surface area contributed by atoms with Gasteiger partial charge in [0.05, 0.1) is 23.0 Å². The van der Waals surface area contributed by atoms with Crippen LogP contribution in [0.5, 0.6) is 0 Å². The summed E-state index contributed by atoms with van der Waals surface area (Å²) >= 11 is 0. The zero-order valence-electron chi connectivity index (χ0n) is 29.1. The number of hydrogen-bond acceptors (Lipinski definition) is 6. The maximum Gasteiger partial charge on any atom is 0.251 e. The fraction of sp³-hybridized carbons (Fsp3) is 0.474. The quantitative estimate of drug-likeness (QED) is 0.206. The largest absolute Gasteiger partial charge is 0.355 e. The van der Waals surface area contributed by atoms with Gasteiger partial charge >= 0.3 is 0 Å². The number of piperidine rings is 1. The van der Waals surface area contributed by atoms with Crippen molar-refractivity contribution < 1.29 is 18.4 Å². The molecule has 2 amide bonds. The van der Waals surface area contributed by atoms with E-state index >= 15 is 0 Å². The summed E-state index contributed by atoms with van der Waals surface area (Å²) in [7, 11) is 1.62. The highest BCUT2D eigenvalue weighted by Gasteiger charge is 2.50. The second-order valence-corrected chi connectivity index (χ2v) is 14.7. The van der Waals surface area contributed by atoms with Gasteiger partial charge in [0, 0.05) is 60.1 Å². The third kappa shape index (κ3) is 5.75. The van der Waals surface area contributed by atoms with Crippen LogP contribution in [0.15, 0.2) is 48.8 Å². The first-order chi connectivity index (χ1) is 23.4. The molecule has 2 aromatic carbocycles. The lowest BCUT2D eigenvalue weighted by molar-refractivity contribution is -0.123. The number of nitrogens with one attached hydrogen (secondary N) is 2. The highest BCUT2D eigenvalue weighted by Crippen LogP contribution is 2.48. The molecule has 2 aromatic heterocycles. The maximum atomic E-state index is 14.0. The zero-order valence-corrected chi connectivity index (χ0v) is 29.1. The summed E-state index contributed by atoms with van der Waals surface area (Å²) in [6.45, 7) is 11.3. The molecule has 9 nitrogen and oxygen atoms in total. The number of halogens is 2. The fourth-order valence-corrected chi connectivity index (χ4v) is 7.86. The van der Waals surface area contributed by atoms with Crippen LogP contribution in [0, 0.1) is 12.8 Å². The minimum atomic E-state index is -2.29. The number of aromatic nitrogens is 3. The summed E-state index contributed by atoms with van der Waals surface area (Å²) in [4.78, 5) is 40.6. The lowest BCUT2D eigenvalue weighted by Gasteiger charge is -2.49. The van der Waals surface area contributed by atoms with Gasteiger partial charge in [0.15, 0.2) is 5.82 Å². The molecular weight excluding hydrogens is 624 g/mol. The minimum Gasteiger partial charge on any atom is -0.355 e. The SMILES string of the molecule is CNC(=O)c1cc(Nc2nc(-c3ccc4c(c3)N([C@H]3C[C@@H](N5CCC[C@H](C(F)F)C5)C3)C(=O)C4(C)C)cc3ncn(C(C)C)c23)ccc1C. The first-order valence-corrected chi connectivity index (χ1v) is 17.4. The first kappa shape index (κ1) is 33.1. The number of nitrogens with zero attached hydrogens (tertiary/aromatic N) is 5. The van der Waals surface area contributed by atoms with Crippen LogP contribution in [0.25, 0.3) is 22.3 Å². The van der Waals surface area contributed by atoms with Crippen LogP contribution in [0.1, 0.15) is 80.9 Å². The van der Waals surface area contributed by atoms with E-state index in [1.54, 1.807) is 7.05 Å². The summed E-state index contributed by atoms with van der Waals surface area (Å²) in [6.07, 6.45) is 2.46. The number of carbonyl (C=O) groups is 2. The molecule has 11 heteroatoms. The van der Waals surface area contributed by atoms with Gasteiger partial charge in [-0.2, -0.15) is 0 Å². The van der Waals surface area contributed by atoms with Gasteiger partial charge in [-0.15, -0.1) is 0 Å². The maximum absolute atomic E-state index is 14.0. The van der Waals surface area contributed by atoms with Crippen LogP contribution in [0.4, 0.5) is 26.0 Å². The molecule has 0 unspecified atom stereocenters. The van der Waals surface area contributed by atoms with Crippen molar-refractivity contribution in [1.29, 1.82) is 0 Å². The molecule has 7 rings (SSSR count). The standard InChI is InChI=1S/C38H45F2N7O2/c1-21(2)46-20-42-31-18-30(44-35(33(31)46)43-25-11-9-22(3)28(15-25)36(48)41-6)23-10-12-29-32(14-23)47(37(49)38(29,4)5)27-16-26(17-27)45-13-7-8-24(19-45)34(39)40/h9-12,14-15,18,20-21,24,26-27,34H,7-8,13,16-17,19H2,1-6H3,(H,41,48)(H,43,44)/t24-,26-,27+/m0/s1. The molecule has 4 aromatic rings. The smallest absolute Gasteiger partial charge is 0.251 e. The summed E-state index contributed by atoms with van der Waals surface area (Å²) < 4.78 is 29.1. The van der Waals surface area contributed by atoms with Crippen molar-refractivity contribution in [1.82, 2.24) is 24.8 Å². The Bertz CT molecular complexity index is 1930. The summed E-state index contributed by atoms with van der Waals surface area (Å²) in [5, 5.41) is 6.19. The summed E-state index contributed by atoms with van der Waals surface area (Å²) in [5.74, 6) is -0.0421. The second-order valence-electron chi connectivity index (χ2n) is 14.7. The Morgan fingerprint density at radius 1 is 1.06 bits per heavy atom. The number of imidazole rings is 1. The number of anilines is 3. The number of fused-ring (bicyclic) bond motifs is 2. The first-order valence-electron chi connectivity index (χ1n) is 17.4. The fourth-order valence-electron chi connectivity index (χ4n) is 7.86. The number of rotatable bonds is 8. The minimum absolute atomic E-state index is 0.0191. The normalized spacial score (nSPS) is 22.1. The van der Waals surface area contributed by atoms with Crippen LogP contribution in [-0.4, -0.2) is 69.9 Å². The molecule has 0 radical (unpaired) electrons. The molecule has 2 fully saturated rings. The number of carbonyl (C=O) groups excluding carboxylic acids is 2. The highest BCUT2D eigenvalue weighted by atomic mass is 19.3. The molecule has 1 aliphatic carbocycles. The number of hydrogen-bond donors (Lipinski definition) is 2. The Hall–Kier alpha value is -4.38. The Labute approximate surface area is 286 Å². The van der Waals surface area contributed by atoms with E-state index in [1.165, 1.54) is 0 Å². The van der Waals surface area contributed by atoms with Gasteiger partial charge < -0.3 is 20.1 Å². The average Bonchev–Trinajstić information content (AvgIpc) is 3.58. The van der Waals surface area contributed by atoms with Gasteiger partial charge in [-0.3, -0.25) is 14.5 Å². The molecule has 3 aliphatic rings. The van der Waals surface area contributed by atoms with Gasteiger partial charge in [-0.1, -0.05) is 18.2 Å². The summed E-state index contributed by atoms with van der Waals surface area (Å²) in [5.41, 5.74) is 6.56. The average molecular weight is 670 g/mol. The van der Waals surface area contributed by atoms with Crippen LogP contribution >= 0.6 is 0 Å². The van der Waals surface area contributed by atoms with Crippen molar-refractivity contribution in [3.63, 3.8) is 0 Å². The zero-order chi connectivity index (χ0) is 34.8. The number of pyridine rings is 1. The highest BCUT2D eigenvalue weighted by molar-refractivity contribution is 6.09. The number of aryl methyl sites for hydroxylation is 1. The molecule has 0 spiro atoms. The molecule has 1 saturated heterocycles. The van der Waals surface area contributed by atoms with E-state index in [9.17, 15) is 18.4 Å². The van der Waals surface area contributed by atoms with E-state index in [0.717, 1.165) is 64.9 Å². The molecular formula is C38H45F2N7O2. The molecule has 4 heterocycles. The second kappa shape index (κ2) is 12.5. The monoisotopic (exact) mass is 669 g/mol. The van der Waals surface area contributed by atoms with Gasteiger partial charge in [0.2, 0.25) is 12.3 Å². The van der Waals surface area contributed by atoms with Crippen LogP contribution in [0.3, 0.4) is 0 Å². The van der Waals surface area contributed by atoms with E-state index in [0.29, 0.717) is 30.0 Å². The van der Waals surface area contributed by atoms with Crippen LogP contribution < -0.4 is 15.5 Å². The van der Waals surface area contributed by atoms with E-state index < -0.39 is 17.8 Å². The Balaban J connectivity index is 1.23. The van der Waals surface area contributed by atoms with Crippen LogP contribution in [0.2, 0.25) is 0 Å². The Kier molecular flexibility index (Phi) is 8.45. The predicted molar refractivity (Wildman–Crippen MR) is 189 cm³/mol. The number of likely N-dealkylation sites (tertiary alicyclic amines) is 1. The van der Waals surface area contributed by atoms with E-state index in [2.05, 4.69) is 40.0 Å². The van der Waals surface area contributed by atoms with E-state index in [4.69, 9.17) is 9.97 Å². The molecule has 49 heavy (non-hydrogen) atoms. The van der Waals surface area contributed by atoms with Crippen LogP contribution in [-0.2, 0) is 10.2 Å². The Morgan fingerprint density at radius 3 is 2.55 bits per heavy atom. The van der Waals surface area contributed by atoms with Gasteiger partial charge in [-0.25, -0.2) is 18.7 Å². The topological polar surface area (TPSA) is 95.4 Å². The molecule has 1 saturated carbocycles. The predicted octanol–water partition coefficient (Wildman–Crippen LogP) is 7.22. The lowest BCUT2D eigenvalue weighted by atomic mass is 9.82. The summed E-state index contributed by atoms with van der Waals surface area (Å²) in [6, 6.07) is 14.1. The molecule has 258 valence electrons. The molecule has 0 bridgehead atoms. The number of amides is 2. The number of alkyl halides is 2. The van der Waals surface area contributed by atoms with E-state index in [-0.39, 0.29) is 29.9 Å².